The first kappa shape index (κ1) is 27.6. The Morgan fingerprint density at radius 2 is 1.75 bits per heavy atom. The molecule has 0 saturated heterocycles. The standard InChI is InChI=1S/C36H27F2N3O3/c1-20-5-6-23(27(42)19-36(15-16-36)29-14-9-22-4-3-17-40-34(22)41-29)18-26(20)25-12-13-28-30(32(25)38)31(35(43)39-2)33(44-28)21-7-10-24(37)11-8-21/h3-14,17-18H,15-16,19H2,1-2H3,(H,39,43). The molecule has 1 aliphatic rings. The monoisotopic (exact) mass is 587 g/mol. The Hall–Kier alpha value is -5.24. The van der Waals surface area contributed by atoms with Crippen molar-refractivity contribution >= 4 is 33.7 Å². The summed E-state index contributed by atoms with van der Waals surface area (Å²) >= 11 is 0. The zero-order chi connectivity index (χ0) is 30.6. The van der Waals surface area contributed by atoms with Gasteiger partial charge < -0.3 is 9.73 Å². The lowest BCUT2D eigenvalue weighted by Crippen LogP contribution is -2.18. The second kappa shape index (κ2) is 10.5. The molecule has 1 aliphatic carbocycles. The number of pyridine rings is 2. The van der Waals surface area contributed by atoms with Crippen LogP contribution in [0.4, 0.5) is 8.78 Å². The second-order valence-corrected chi connectivity index (χ2v) is 11.3. The van der Waals surface area contributed by atoms with E-state index < -0.39 is 17.5 Å². The highest BCUT2D eigenvalue weighted by Gasteiger charge is 2.47. The number of nitrogens with one attached hydrogen (secondary N) is 1. The van der Waals surface area contributed by atoms with Gasteiger partial charge in [0.15, 0.2) is 11.4 Å². The molecule has 3 aromatic heterocycles. The summed E-state index contributed by atoms with van der Waals surface area (Å²) in [6.07, 6.45) is 3.70. The van der Waals surface area contributed by atoms with E-state index in [1.165, 1.54) is 31.3 Å². The molecule has 218 valence electrons. The van der Waals surface area contributed by atoms with E-state index in [1.807, 2.05) is 37.3 Å². The topological polar surface area (TPSA) is 85.1 Å². The molecule has 3 heterocycles. The van der Waals surface area contributed by atoms with Gasteiger partial charge in [-0.2, -0.15) is 0 Å². The molecule has 1 fully saturated rings. The van der Waals surface area contributed by atoms with E-state index in [-0.39, 0.29) is 45.5 Å². The number of nitrogens with zero attached hydrogens (tertiary/aromatic N) is 2. The first-order valence-corrected chi connectivity index (χ1v) is 14.4. The van der Waals surface area contributed by atoms with Crippen molar-refractivity contribution in [3.05, 3.63) is 119 Å². The molecule has 0 bridgehead atoms. The van der Waals surface area contributed by atoms with Crippen molar-refractivity contribution in [2.45, 2.75) is 31.6 Å². The Bertz CT molecular complexity index is 2110. The maximum atomic E-state index is 16.4. The van der Waals surface area contributed by atoms with Crippen LogP contribution in [0.1, 0.15) is 51.2 Å². The third kappa shape index (κ3) is 4.63. The fourth-order valence-corrected chi connectivity index (χ4v) is 5.92. The molecule has 1 N–H and O–H groups in total. The summed E-state index contributed by atoms with van der Waals surface area (Å²) in [5, 5.41) is 3.53. The zero-order valence-electron chi connectivity index (χ0n) is 24.1. The second-order valence-electron chi connectivity index (χ2n) is 11.3. The summed E-state index contributed by atoms with van der Waals surface area (Å²) in [5.74, 6) is -1.53. The summed E-state index contributed by atoms with van der Waals surface area (Å²) in [6, 6.07) is 21.7. The number of Topliss-reactive ketones (excluding diaryl/α,β-unsaturated/α-hetero) is 1. The normalized spacial score (nSPS) is 13.7. The van der Waals surface area contributed by atoms with Crippen LogP contribution < -0.4 is 5.32 Å². The molecular weight excluding hydrogens is 560 g/mol. The number of aryl methyl sites for hydroxylation is 1. The highest BCUT2D eigenvalue weighted by atomic mass is 19.1. The van der Waals surface area contributed by atoms with Gasteiger partial charge in [-0.05, 0) is 97.6 Å². The summed E-state index contributed by atoms with van der Waals surface area (Å²) in [7, 11) is 1.45. The maximum absolute atomic E-state index is 16.4. The Labute approximate surface area is 251 Å². The van der Waals surface area contributed by atoms with Crippen molar-refractivity contribution in [1.29, 1.82) is 0 Å². The molecule has 3 aromatic carbocycles. The number of carbonyl (C=O) groups is 2. The van der Waals surface area contributed by atoms with Crippen molar-refractivity contribution in [3.63, 3.8) is 0 Å². The number of carbonyl (C=O) groups excluding carboxylic acids is 2. The van der Waals surface area contributed by atoms with Gasteiger partial charge in [0.2, 0.25) is 0 Å². The van der Waals surface area contributed by atoms with Crippen LogP contribution in [0.25, 0.3) is 44.5 Å². The highest BCUT2D eigenvalue weighted by Crippen LogP contribution is 2.51. The van der Waals surface area contributed by atoms with Crippen LogP contribution in [0.15, 0.2) is 89.5 Å². The number of fused-ring (bicyclic) bond motifs is 2. The smallest absolute Gasteiger partial charge is 0.255 e. The Balaban J connectivity index is 1.27. The van der Waals surface area contributed by atoms with Crippen LogP contribution in [-0.2, 0) is 5.41 Å². The molecule has 0 unspecified atom stereocenters. The molecule has 7 rings (SSSR count). The number of hydrogen-bond donors (Lipinski definition) is 1. The van der Waals surface area contributed by atoms with Gasteiger partial charge in [0.1, 0.15) is 23.0 Å². The maximum Gasteiger partial charge on any atom is 0.255 e. The lowest BCUT2D eigenvalue weighted by molar-refractivity contribution is 0.0958. The molecule has 6 nitrogen and oxygen atoms in total. The lowest BCUT2D eigenvalue weighted by Gasteiger charge is -2.16. The molecule has 0 aliphatic heterocycles. The van der Waals surface area contributed by atoms with Gasteiger partial charge in [-0.1, -0.05) is 12.1 Å². The third-order valence-corrected chi connectivity index (χ3v) is 8.56. The minimum Gasteiger partial charge on any atom is -0.455 e. The van der Waals surface area contributed by atoms with Gasteiger partial charge in [0, 0.05) is 52.9 Å². The summed E-state index contributed by atoms with van der Waals surface area (Å²) in [4.78, 5) is 35.8. The first-order valence-electron chi connectivity index (χ1n) is 14.4. The first-order chi connectivity index (χ1) is 21.3. The number of furan rings is 1. The molecule has 1 amide bonds. The lowest BCUT2D eigenvalue weighted by atomic mass is 9.89. The van der Waals surface area contributed by atoms with Gasteiger partial charge in [-0.25, -0.2) is 18.7 Å². The third-order valence-electron chi connectivity index (χ3n) is 8.56. The number of hydrogen-bond acceptors (Lipinski definition) is 5. The van der Waals surface area contributed by atoms with Crippen LogP contribution in [0.3, 0.4) is 0 Å². The van der Waals surface area contributed by atoms with E-state index in [1.54, 1.807) is 30.5 Å². The van der Waals surface area contributed by atoms with E-state index in [2.05, 4.69) is 10.3 Å². The molecule has 44 heavy (non-hydrogen) atoms. The predicted octanol–water partition coefficient (Wildman–Crippen LogP) is 7.96. The minimum absolute atomic E-state index is 0.0187. The Morgan fingerprint density at radius 3 is 2.50 bits per heavy atom. The molecule has 0 atom stereocenters. The molecule has 1 saturated carbocycles. The average molecular weight is 588 g/mol. The Morgan fingerprint density at radius 1 is 0.955 bits per heavy atom. The van der Waals surface area contributed by atoms with Gasteiger partial charge in [-0.3, -0.25) is 9.59 Å². The summed E-state index contributed by atoms with van der Waals surface area (Å²) in [6.45, 7) is 1.85. The Kier molecular flexibility index (Phi) is 6.57. The van der Waals surface area contributed by atoms with E-state index in [9.17, 15) is 14.0 Å². The molecule has 0 spiro atoms. The van der Waals surface area contributed by atoms with Gasteiger partial charge in [0.25, 0.3) is 5.91 Å². The van der Waals surface area contributed by atoms with Crippen LogP contribution in [0.2, 0.25) is 0 Å². The zero-order valence-corrected chi connectivity index (χ0v) is 24.1. The largest absolute Gasteiger partial charge is 0.455 e. The summed E-state index contributed by atoms with van der Waals surface area (Å²) in [5.41, 5.74) is 3.85. The van der Waals surface area contributed by atoms with Crippen molar-refractivity contribution in [3.8, 4) is 22.5 Å². The van der Waals surface area contributed by atoms with E-state index in [0.29, 0.717) is 22.3 Å². The van der Waals surface area contributed by atoms with E-state index in [0.717, 1.165) is 29.5 Å². The summed E-state index contributed by atoms with van der Waals surface area (Å²) < 4.78 is 36.0. The van der Waals surface area contributed by atoms with Crippen LogP contribution in [0, 0.1) is 18.6 Å². The van der Waals surface area contributed by atoms with E-state index in [4.69, 9.17) is 9.40 Å². The van der Waals surface area contributed by atoms with Crippen LogP contribution >= 0.6 is 0 Å². The molecule has 0 radical (unpaired) electrons. The fourth-order valence-electron chi connectivity index (χ4n) is 5.92. The molecule has 6 aromatic rings. The van der Waals surface area contributed by atoms with Crippen molar-refractivity contribution < 1.29 is 22.8 Å². The molecule has 8 heteroatoms. The number of aromatic nitrogens is 2. The van der Waals surface area contributed by atoms with Crippen LogP contribution in [-0.4, -0.2) is 28.7 Å². The molecular formula is C36H27F2N3O3. The predicted molar refractivity (Wildman–Crippen MR) is 165 cm³/mol. The highest BCUT2D eigenvalue weighted by molar-refractivity contribution is 6.12. The van der Waals surface area contributed by atoms with Gasteiger partial charge in [0.05, 0.1) is 10.9 Å². The van der Waals surface area contributed by atoms with E-state index >= 15 is 4.39 Å². The number of ketones is 1. The quantitative estimate of drug-likeness (QED) is 0.192. The minimum atomic E-state index is -0.641. The number of rotatable bonds is 7. The van der Waals surface area contributed by atoms with Crippen LogP contribution in [0.5, 0.6) is 0 Å². The van der Waals surface area contributed by atoms with Crippen molar-refractivity contribution in [1.82, 2.24) is 15.3 Å². The van der Waals surface area contributed by atoms with Gasteiger partial charge in [-0.15, -0.1) is 0 Å². The van der Waals surface area contributed by atoms with Crippen molar-refractivity contribution in [2.24, 2.45) is 0 Å². The van der Waals surface area contributed by atoms with Gasteiger partial charge >= 0.3 is 0 Å². The number of amides is 1. The fraction of sp³-hybridized carbons (Fsp3) is 0.167. The average Bonchev–Trinajstić information content (AvgIpc) is 3.72. The SMILES string of the molecule is CNC(=O)c1c(-c2ccc(F)cc2)oc2ccc(-c3cc(C(=O)CC4(c5ccc6cccnc6n5)CC4)ccc3C)c(F)c12. The number of benzene rings is 3. The van der Waals surface area contributed by atoms with Crippen molar-refractivity contribution in [2.75, 3.05) is 7.05 Å². The number of halogens is 2.